The van der Waals surface area contributed by atoms with Crippen molar-refractivity contribution in [2.75, 3.05) is 38.2 Å². The quantitative estimate of drug-likeness (QED) is 0.806. The summed E-state index contributed by atoms with van der Waals surface area (Å²) in [6.07, 6.45) is 9.18. The van der Waals surface area contributed by atoms with Crippen LogP contribution in [0.4, 0.5) is 5.82 Å². The molecule has 2 aliphatic rings. The monoisotopic (exact) mass is 332 g/mol. The van der Waals surface area contributed by atoms with E-state index in [9.17, 15) is 4.79 Å². The molecule has 1 aromatic rings. The molecule has 2 fully saturated rings. The number of primary amides is 1. The third-order valence-electron chi connectivity index (χ3n) is 5.37. The van der Waals surface area contributed by atoms with Crippen molar-refractivity contribution in [1.29, 1.82) is 0 Å². The molecule has 1 saturated heterocycles. The van der Waals surface area contributed by atoms with E-state index < -0.39 is 5.91 Å². The van der Waals surface area contributed by atoms with E-state index in [-0.39, 0.29) is 5.54 Å². The van der Waals surface area contributed by atoms with Crippen LogP contribution in [-0.4, -0.2) is 54.2 Å². The van der Waals surface area contributed by atoms with Gasteiger partial charge in [-0.2, -0.15) is 0 Å². The fourth-order valence-electron chi connectivity index (χ4n) is 4.02. The first-order valence-corrected chi connectivity index (χ1v) is 9.03. The Balaban J connectivity index is 1.78. The minimum Gasteiger partial charge on any atom is -0.379 e. The highest BCUT2D eigenvalue weighted by Crippen LogP contribution is 2.33. The van der Waals surface area contributed by atoms with Gasteiger partial charge in [0.2, 0.25) is 0 Å². The molecule has 3 rings (SSSR count). The van der Waals surface area contributed by atoms with Crippen LogP contribution < -0.4 is 11.1 Å². The Morgan fingerprint density at radius 3 is 2.62 bits per heavy atom. The first-order chi connectivity index (χ1) is 11.7. The SMILES string of the molecule is NC(=O)c1cccnc1NCC1(N2CCOCC2)CCCCCC1. The molecule has 0 aromatic carbocycles. The normalized spacial score (nSPS) is 21.8. The molecule has 1 saturated carbocycles. The van der Waals surface area contributed by atoms with Crippen LogP contribution in [0.15, 0.2) is 18.3 Å². The molecule has 0 radical (unpaired) electrons. The van der Waals surface area contributed by atoms with E-state index in [2.05, 4.69) is 15.2 Å². The predicted octanol–water partition coefficient (Wildman–Crippen LogP) is 2.02. The Kier molecular flexibility index (Phi) is 5.68. The number of amides is 1. The zero-order chi connectivity index (χ0) is 16.8. The fraction of sp³-hybridized carbons (Fsp3) is 0.667. The van der Waals surface area contributed by atoms with Crippen molar-refractivity contribution in [1.82, 2.24) is 9.88 Å². The number of morpholine rings is 1. The van der Waals surface area contributed by atoms with Gasteiger partial charge < -0.3 is 15.8 Å². The number of carbonyl (C=O) groups excluding carboxylic acids is 1. The first kappa shape index (κ1) is 17.2. The minimum absolute atomic E-state index is 0.118. The molecule has 0 spiro atoms. The van der Waals surface area contributed by atoms with Gasteiger partial charge >= 0.3 is 0 Å². The van der Waals surface area contributed by atoms with Crippen molar-refractivity contribution in [3.05, 3.63) is 23.9 Å². The number of hydrogen-bond donors (Lipinski definition) is 2. The number of pyridine rings is 1. The van der Waals surface area contributed by atoms with E-state index >= 15 is 0 Å². The lowest BCUT2D eigenvalue weighted by Crippen LogP contribution is -2.57. The maximum atomic E-state index is 11.6. The molecule has 0 bridgehead atoms. The number of nitrogens with zero attached hydrogens (tertiary/aromatic N) is 2. The van der Waals surface area contributed by atoms with Crippen molar-refractivity contribution in [2.24, 2.45) is 5.73 Å². The summed E-state index contributed by atoms with van der Waals surface area (Å²) < 4.78 is 5.54. The van der Waals surface area contributed by atoms with Gasteiger partial charge in [-0.25, -0.2) is 4.98 Å². The van der Waals surface area contributed by atoms with Crippen molar-refractivity contribution in [3.63, 3.8) is 0 Å². The van der Waals surface area contributed by atoms with Gasteiger partial charge in [0.25, 0.3) is 5.91 Å². The van der Waals surface area contributed by atoms with E-state index in [1.165, 1.54) is 38.5 Å². The lowest BCUT2D eigenvalue weighted by Gasteiger charge is -2.46. The number of ether oxygens (including phenoxy) is 1. The van der Waals surface area contributed by atoms with Gasteiger partial charge in [-0.15, -0.1) is 0 Å². The van der Waals surface area contributed by atoms with Crippen molar-refractivity contribution in [3.8, 4) is 0 Å². The number of anilines is 1. The molecular formula is C18H28N4O2. The van der Waals surface area contributed by atoms with Crippen molar-refractivity contribution < 1.29 is 9.53 Å². The number of rotatable bonds is 5. The lowest BCUT2D eigenvalue weighted by atomic mass is 9.87. The standard InChI is InChI=1S/C18H28N4O2/c19-16(23)15-6-5-9-20-17(15)21-14-18(7-3-1-2-4-8-18)22-10-12-24-13-11-22/h5-6,9H,1-4,7-8,10-14H2,(H2,19,23)(H,20,21). The second-order valence-corrected chi connectivity index (χ2v) is 6.86. The zero-order valence-electron chi connectivity index (χ0n) is 14.3. The summed E-state index contributed by atoms with van der Waals surface area (Å²) in [5.74, 6) is 0.161. The molecule has 3 N–H and O–H groups in total. The van der Waals surface area contributed by atoms with Crippen LogP contribution in [0.5, 0.6) is 0 Å². The maximum Gasteiger partial charge on any atom is 0.252 e. The number of aromatic nitrogens is 1. The van der Waals surface area contributed by atoms with Crippen LogP contribution >= 0.6 is 0 Å². The van der Waals surface area contributed by atoms with Crippen LogP contribution in [0.3, 0.4) is 0 Å². The number of carbonyl (C=O) groups is 1. The molecule has 0 atom stereocenters. The largest absolute Gasteiger partial charge is 0.379 e. The molecule has 1 aliphatic heterocycles. The van der Waals surface area contributed by atoms with Crippen molar-refractivity contribution in [2.45, 2.75) is 44.1 Å². The molecule has 132 valence electrons. The van der Waals surface area contributed by atoms with Gasteiger partial charge in [0.15, 0.2) is 0 Å². The molecule has 6 nitrogen and oxygen atoms in total. The summed E-state index contributed by atoms with van der Waals surface area (Å²) in [5, 5.41) is 3.44. The molecule has 1 aliphatic carbocycles. The van der Waals surface area contributed by atoms with Crippen molar-refractivity contribution >= 4 is 11.7 Å². The van der Waals surface area contributed by atoms with E-state index in [0.717, 1.165) is 32.8 Å². The Hall–Kier alpha value is -1.66. The highest BCUT2D eigenvalue weighted by Gasteiger charge is 2.37. The van der Waals surface area contributed by atoms with Crippen LogP contribution in [0, 0.1) is 0 Å². The number of nitrogens with two attached hydrogens (primary N) is 1. The van der Waals surface area contributed by atoms with Crippen LogP contribution in [-0.2, 0) is 4.74 Å². The van der Waals surface area contributed by atoms with Crippen LogP contribution in [0.25, 0.3) is 0 Å². The highest BCUT2D eigenvalue weighted by atomic mass is 16.5. The number of hydrogen-bond acceptors (Lipinski definition) is 5. The van der Waals surface area contributed by atoms with Gasteiger partial charge in [0.1, 0.15) is 5.82 Å². The lowest BCUT2D eigenvalue weighted by molar-refractivity contribution is -0.0240. The molecule has 6 heteroatoms. The Morgan fingerprint density at radius 1 is 1.25 bits per heavy atom. The summed E-state index contributed by atoms with van der Waals surface area (Å²) in [4.78, 5) is 18.5. The molecule has 24 heavy (non-hydrogen) atoms. The maximum absolute atomic E-state index is 11.6. The molecular weight excluding hydrogens is 304 g/mol. The molecule has 2 heterocycles. The van der Waals surface area contributed by atoms with Gasteiger partial charge in [-0.05, 0) is 25.0 Å². The summed E-state index contributed by atoms with van der Waals surface area (Å²) in [6, 6.07) is 3.47. The predicted molar refractivity (Wildman–Crippen MR) is 94.1 cm³/mol. The van der Waals surface area contributed by atoms with Gasteiger partial charge in [-0.3, -0.25) is 9.69 Å². The van der Waals surface area contributed by atoms with E-state index in [1.54, 1.807) is 18.3 Å². The molecule has 0 unspecified atom stereocenters. The van der Waals surface area contributed by atoms with E-state index in [4.69, 9.17) is 10.5 Å². The second kappa shape index (κ2) is 7.94. The zero-order valence-corrected chi connectivity index (χ0v) is 14.3. The molecule has 1 aromatic heterocycles. The highest BCUT2D eigenvalue weighted by molar-refractivity contribution is 5.97. The third-order valence-corrected chi connectivity index (χ3v) is 5.37. The Morgan fingerprint density at radius 2 is 1.96 bits per heavy atom. The molecule has 1 amide bonds. The van der Waals surface area contributed by atoms with Gasteiger partial charge in [0.05, 0.1) is 18.8 Å². The summed E-state index contributed by atoms with van der Waals surface area (Å²) >= 11 is 0. The Labute approximate surface area is 143 Å². The average Bonchev–Trinajstić information content (AvgIpc) is 2.87. The fourth-order valence-corrected chi connectivity index (χ4v) is 4.02. The second-order valence-electron chi connectivity index (χ2n) is 6.86. The number of nitrogens with one attached hydrogen (secondary N) is 1. The minimum atomic E-state index is -0.438. The van der Waals surface area contributed by atoms with E-state index in [1.807, 2.05) is 0 Å². The summed E-state index contributed by atoms with van der Waals surface area (Å²) in [5.41, 5.74) is 6.06. The van der Waals surface area contributed by atoms with Gasteiger partial charge in [-0.1, -0.05) is 25.7 Å². The topological polar surface area (TPSA) is 80.5 Å². The average molecular weight is 332 g/mol. The van der Waals surface area contributed by atoms with E-state index in [0.29, 0.717) is 11.4 Å². The van der Waals surface area contributed by atoms with Crippen LogP contribution in [0.1, 0.15) is 48.9 Å². The summed E-state index contributed by atoms with van der Waals surface area (Å²) in [6.45, 7) is 4.36. The summed E-state index contributed by atoms with van der Waals surface area (Å²) in [7, 11) is 0. The third kappa shape index (κ3) is 3.87. The van der Waals surface area contributed by atoms with Crippen LogP contribution in [0.2, 0.25) is 0 Å². The van der Waals surface area contributed by atoms with Gasteiger partial charge in [0, 0.05) is 31.4 Å². The first-order valence-electron chi connectivity index (χ1n) is 9.03. The smallest absolute Gasteiger partial charge is 0.252 e. The Bertz CT molecular complexity index is 550.